The van der Waals surface area contributed by atoms with E-state index in [0.29, 0.717) is 18.1 Å². The summed E-state index contributed by atoms with van der Waals surface area (Å²) in [5.74, 6) is 0. The summed E-state index contributed by atoms with van der Waals surface area (Å²) in [5, 5.41) is 3.54. The van der Waals surface area contributed by atoms with Crippen LogP contribution in [0.4, 0.5) is 5.69 Å². The van der Waals surface area contributed by atoms with E-state index in [1.807, 2.05) is 0 Å². The van der Waals surface area contributed by atoms with E-state index in [-0.39, 0.29) is 0 Å². The highest BCUT2D eigenvalue weighted by Crippen LogP contribution is 2.29. The molecule has 3 heteroatoms. The quantitative estimate of drug-likeness (QED) is 0.911. The zero-order chi connectivity index (χ0) is 14.7. The van der Waals surface area contributed by atoms with Crippen LogP contribution in [0.1, 0.15) is 39.3 Å². The molecule has 1 aromatic carbocycles. The number of anilines is 1. The number of rotatable bonds is 4. The van der Waals surface area contributed by atoms with Crippen molar-refractivity contribution in [3.63, 3.8) is 0 Å². The molecule has 112 valence electrons. The molecule has 3 nitrogen and oxygen atoms in total. The molecule has 0 aliphatic carbocycles. The van der Waals surface area contributed by atoms with Gasteiger partial charge in [-0.25, -0.2) is 0 Å². The zero-order valence-corrected chi connectivity index (χ0v) is 13.6. The molecule has 3 atom stereocenters. The van der Waals surface area contributed by atoms with Crippen molar-refractivity contribution < 1.29 is 0 Å². The molecular formula is C17H29N3. The fourth-order valence-corrected chi connectivity index (χ4v) is 3.16. The molecule has 3 unspecified atom stereocenters. The van der Waals surface area contributed by atoms with Gasteiger partial charge < -0.3 is 10.2 Å². The van der Waals surface area contributed by atoms with E-state index < -0.39 is 0 Å². The molecule has 0 amide bonds. The van der Waals surface area contributed by atoms with Gasteiger partial charge in [-0.05, 0) is 46.0 Å². The van der Waals surface area contributed by atoms with Crippen LogP contribution in [0.2, 0.25) is 0 Å². The SMILES string of the molecule is CCNC(C)c1ccccc1N1CC(C)N(C)C(C)C1. The molecule has 2 rings (SSSR count). The molecule has 0 radical (unpaired) electrons. The van der Waals surface area contributed by atoms with Crippen molar-refractivity contribution in [3.05, 3.63) is 29.8 Å². The lowest BCUT2D eigenvalue weighted by Gasteiger charge is -2.44. The number of likely N-dealkylation sites (N-methyl/N-ethyl adjacent to an activating group) is 1. The monoisotopic (exact) mass is 275 g/mol. The third-order valence-electron chi connectivity index (χ3n) is 4.61. The van der Waals surface area contributed by atoms with Gasteiger partial charge in [0.25, 0.3) is 0 Å². The molecule has 1 aliphatic heterocycles. The van der Waals surface area contributed by atoms with Crippen molar-refractivity contribution in [2.75, 3.05) is 31.6 Å². The van der Waals surface area contributed by atoms with Gasteiger partial charge in [-0.1, -0.05) is 25.1 Å². The summed E-state index contributed by atoms with van der Waals surface area (Å²) >= 11 is 0. The van der Waals surface area contributed by atoms with Crippen LogP contribution in [0.15, 0.2) is 24.3 Å². The van der Waals surface area contributed by atoms with Crippen LogP contribution in [0, 0.1) is 0 Å². The van der Waals surface area contributed by atoms with Gasteiger partial charge in [-0.15, -0.1) is 0 Å². The number of benzene rings is 1. The van der Waals surface area contributed by atoms with Gasteiger partial charge in [-0.2, -0.15) is 0 Å². The first-order chi connectivity index (χ1) is 9.54. The van der Waals surface area contributed by atoms with Crippen molar-refractivity contribution in [2.24, 2.45) is 0 Å². The minimum absolute atomic E-state index is 0.404. The molecule has 1 fully saturated rings. The number of piperazine rings is 1. The van der Waals surface area contributed by atoms with Crippen LogP contribution in [-0.4, -0.2) is 43.7 Å². The first kappa shape index (κ1) is 15.3. The van der Waals surface area contributed by atoms with Gasteiger partial charge in [0.15, 0.2) is 0 Å². The Morgan fingerprint density at radius 3 is 2.40 bits per heavy atom. The van der Waals surface area contributed by atoms with Crippen LogP contribution in [0.5, 0.6) is 0 Å². The largest absolute Gasteiger partial charge is 0.368 e. The van der Waals surface area contributed by atoms with Crippen LogP contribution < -0.4 is 10.2 Å². The van der Waals surface area contributed by atoms with Crippen LogP contribution >= 0.6 is 0 Å². The molecule has 0 bridgehead atoms. The van der Waals surface area contributed by atoms with Gasteiger partial charge in [-0.3, -0.25) is 4.90 Å². The number of nitrogens with zero attached hydrogens (tertiary/aromatic N) is 2. The number of para-hydroxylation sites is 1. The first-order valence-corrected chi connectivity index (χ1v) is 7.83. The predicted molar refractivity (Wildman–Crippen MR) is 87.4 cm³/mol. The maximum atomic E-state index is 3.54. The molecular weight excluding hydrogens is 246 g/mol. The Morgan fingerprint density at radius 1 is 1.20 bits per heavy atom. The van der Waals surface area contributed by atoms with E-state index in [0.717, 1.165) is 19.6 Å². The Bertz CT molecular complexity index is 420. The average Bonchev–Trinajstić information content (AvgIpc) is 2.44. The molecule has 0 aromatic heterocycles. The smallest absolute Gasteiger partial charge is 0.0415 e. The first-order valence-electron chi connectivity index (χ1n) is 7.83. The lowest BCUT2D eigenvalue weighted by molar-refractivity contribution is 0.170. The molecule has 1 aliphatic rings. The Kier molecular flexibility index (Phi) is 5.06. The van der Waals surface area contributed by atoms with E-state index in [1.165, 1.54) is 11.3 Å². The highest BCUT2D eigenvalue weighted by atomic mass is 15.3. The number of hydrogen-bond donors (Lipinski definition) is 1. The molecule has 1 saturated heterocycles. The minimum Gasteiger partial charge on any atom is -0.368 e. The summed E-state index contributed by atoms with van der Waals surface area (Å²) in [4.78, 5) is 5.03. The van der Waals surface area contributed by atoms with Crippen LogP contribution in [-0.2, 0) is 0 Å². The van der Waals surface area contributed by atoms with Gasteiger partial charge in [0.1, 0.15) is 0 Å². The van der Waals surface area contributed by atoms with Gasteiger partial charge in [0.2, 0.25) is 0 Å². The lowest BCUT2D eigenvalue weighted by Crippen LogP contribution is -2.55. The number of nitrogens with one attached hydrogen (secondary N) is 1. The summed E-state index contributed by atoms with van der Waals surface area (Å²) in [5.41, 5.74) is 2.81. The summed E-state index contributed by atoms with van der Waals surface area (Å²) in [7, 11) is 2.24. The van der Waals surface area contributed by atoms with Gasteiger partial charge in [0, 0.05) is 36.9 Å². The standard InChI is InChI=1S/C17H29N3/c1-6-18-15(4)16-9-7-8-10-17(16)20-11-13(2)19(5)14(3)12-20/h7-10,13-15,18H,6,11-12H2,1-5H3. The van der Waals surface area contributed by atoms with Gasteiger partial charge >= 0.3 is 0 Å². The summed E-state index contributed by atoms with van der Waals surface area (Å²) in [6.45, 7) is 12.3. The minimum atomic E-state index is 0.404. The maximum absolute atomic E-state index is 3.54. The van der Waals surface area contributed by atoms with Crippen molar-refractivity contribution in [1.82, 2.24) is 10.2 Å². The summed E-state index contributed by atoms with van der Waals surface area (Å²) in [6, 6.07) is 10.4. The third-order valence-corrected chi connectivity index (χ3v) is 4.61. The zero-order valence-electron chi connectivity index (χ0n) is 13.6. The highest BCUT2D eigenvalue weighted by molar-refractivity contribution is 5.55. The maximum Gasteiger partial charge on any atom is 0.0415 e. The molecule has 1 N–H and O–H groups in total. The van der Waals surface area contributed by atoms with Crippen LogP contribution in [0.25, 0.3) is 0 Å². The fraction of sp³-hybridized carbons (Fsp3) is 0.647. The molecule has 1 aromatic rings. The molecule has 20 heavy (non-hydrogen) atoms. The fourth-order valence-electron chi connectivity index (χ4n) is 3.16. The van der Waals surface area contributed by atoms with E-state index in [9.17, 15) is 0 Å². The van der Waals surface area contributed by atoms with E-state index in [4.69, 9.17) is 0 Å². The average molecular weight is 275 g/mol. The van der Waals surface area contributed by atoms with Crippen molar-refractivity contribution in [1.29, 1.82) is 0 Å². The van der Waals surface area contributed by atoms with Crippen LogP contribution in [0.3, 0.4) is 0 Å². The second-order valence-electron chi connectivity index (χ2n) is 6.11. The van der Waals surface area contributed by atoms with E-state index in [2.05, 4.69) is 74.1 Å². The molecule has 0 saturated carbocycles. The topological polar surface area (TPSA) is 18.5 Å². The summed E-state index contributed by atoms with van der Waals surface area (Å²) < 4.78 is 0. The Hall–Kier alpha value is -1.06. The molecule has 0 spiro atoms. The Labute approximate surface area is 124 Å². The second kappa shape index (κ2) is 6.59. The third kappa shape index (κ3) is 3.15. The van der Waals surface area contributed by atoms with E-state index in [1.54, 1.807) is 0 Å². The number of hydrogen-bond acceptors (Lipinski definition) is 3. The Morgan fingerprint density at radius 2 is 1.80 bits per heavy atom. The highest BCUT2D eigenvalue weighted by Gasteiger charge is 2.28. The second-order valence-corrected chi connectivity index (χ2v) is 6.11. The normalized spacial score (nSPS) is 25.8. The lowest BCUT2D eigenvalue weighted by atomic mass is 10.0. The van der Waals surface area contributed by atoms with Gasteiger partial charge in [0.05, 0.1) is 0 Å². The van der Waals surface area contributed by atoms with Crippen molar-refractivity contribution >= 4 is 5.69 Å². The Balaban J connectivity index is 2.24. The molecule has 1 heterocycles. The van der Waals surface area contributed by atoms with Crippen molar-refractivity contribution in [2.45, 2.75) is 45.8 Å². The van der Waals surface area contributed by atoms with Crippen molar-refractivity contribution in [3.8, 4) is 0 Å². The summed E-state index contributed by atoms with van der Waals surface area (Å²) in [6.07, 6.45) is 0. The van der Waals surface area contributed by atoms with E-state index >= 15 is 0 Å². The predicted octanol–water partition coefficient (Wildman–Crippen LogP) is 2.89.